The third kappa shape index (κ3) is 2.83. The van der Waals surface area contributed by atoms with Crippen molar-refractivity contribution in [3.8, 4) is 0 Å². The first kappa shape index (κ1) is 11.6. The first-order chi connectivity index (χ1) is 7.77. The zero-order valence-electron chi connectivity index (χ0n) is 10.1. The molecule has 1 N–H and O–H groups in total. The number of nitrogens with one attached hydrogen (secondary N) is 1. The molecule has 88 valence electrons. The maximum absolute atomic E-state index is 6.20. The molecule has 1 aliphatic rings. The molecule has 0 saturated carbocycles. The van der Waals surface area contributed by atoms with Crippen LogP contribution < -0.4 is 5.32 Å². The Bertz CT molecular complexity index is 304. The summed E-state index contributed by atoms with van der Waals surface area (Å²) >= 11 is 0. The van der Waals surface area contributed by atoms with Crippen molar-refractivity contribution >= 4 is 0 Å². The SMILES string of the molecule is CC(C)C(OC1CCNC1)c1ccccc1. The van der Waals surface area contributed by atoms with E-state index in [0.29, 0.717) is 12.0 Å². The molecule has 1 aromatic rings. The van der Waals surface area contributed by atoms with E-state index in [-0.39, 0.29) is 6.10 Å². The standard InChI is InChI=1S/C14H21NO/c1-11(2)14(12-6-4-3-5-7-12)16-13-8-9-15-10-13/h3-7,11,13-15H,8-10H2,1-2H3. The number of hydrogen-bond donors (Lipinski definition) is 1. The van der Waals surface area contributed by atoms with E-state index < -0.39 is 0 Å². The van der Waals surface area contributed by atoms with E-state index in [4.69, 9.17) is 4.74 Å². The Hall–Kier alpha value is -0.860. The van der Waals surface area contributed by atoms with Crippen molar-refractivity contribution in [2.75, 3.05) is 13.1 Å². The predicted molar refractivity (Wildman–Crippen MR) is 66.4 cm³/mol. The van der Waals surface area contributed by atoms with Crippen LogP contribution in [0.15, 0.2) is 30.3 Å². The molecule has 0 amide bonds. The highest BCUT2D eigenvalue weighted by molar-refractivity contribution is 5.18. The minimum absolute atomic E-state index is 0.228. The molecular weight excluding hydrogens is 198 g/mol. The quantitative estimate of drug-likeness (QED) is 0.840. The molecule has 0 bridgehead atoms. The lowest BCUT2D eigenvalue weighted by atomic mass is 9.99. The van der Waals surface area contributed by atoms with Crippen LogP contribution in [0, 0.1) is 5.92 Å². The van der Waals surface area contributed by atoms with Crippen molar-refractivity contribution in [1.29, 1.82) is 0 Å². The molecule has 2 atom stereocenters. The van der Waals surface area contributed by atoms with E-state index in [1.807, 2.05) is 0 Å². The summed E-state index contributed by atoms with van der Waals surface area (Å²) < 4.78 is 6.20. The Morgan fingerprint density at radius 1 is 1.25 bits per heavy atom. The molecule has 0 aliphatic carbocycles. The molecule has 16 heavy (non-hydrogen) atoms. The van der Waals surface area contributed by atoms with Gasteiger partial charge in [0, 0.05) is 6.54 Å². The molecular formula is C14H21NO. The molecule has 1 fully saturated rings. The number of hydrogen-bond acceptors (Lipinski definition) is 2. The zero-order chi connectivity index (χ0) is 11.4. The van der Waals surface area contributed by atoms with Gasteiger partial charge in [-0.3, -0.25) is 0 Å². The van der Waals surface area contributed by atoms with E-state index in [2.05, 4.69) is 49.5 Å². The van der Waals surface area contributed by atoms with Crippen molar-refractivity contribution in [2.24, 2.45) is 5.92 Å². The van der Waals surface area contributed by atoms with Gasteiger partial charge in [-0.15, -0.1) is 0 Å². The Labute approximate surface area is 98.0 Å². The van der Waals surface area contributed by atoms with Crippen LogP contribution in [0.5, 0.6) is 0 Å². The van der Waals surface area contributed by atoms with Gasteiger partial charge >= 0.3 is 0 Å². The molecule has 0 spiro atoms. The highest BCUT2D eigenvalue weighted by Gasteiger charge is 2.23. The first-order valence-electron chi connectivity index (χ1n) is 6.18. The number of benzene rings is 1. The lowest BCUT2D eigenvalue weighted by Gasteiger charge is -2.25. The lowest BCUT2D eigenvalue weighted by molar-refractivity contribution is -0.0278. The Morgan fingerprint density at radius 3 is 2.56 bits per heavy atom. The largest absolute Gasteiger partial charge is 0.369 e. The average molecular weight is 219 g/mol. The van der Waals surface area contributed by atoms with Crippen molar-refractivity contribution in [3.63, 3.8) is 0 Å². The Morgan fingerprint density at radius 2 is 2.00 bits per heavy atom. The van der Waals surface area contributed by atoms with Gasteiger partial charge < -0.3 is 10.1 Å². The van der Waals surface area contributed by atoms with Crippen LogP contribution in [0.2, 0.25) is 0 Å². The second-order valence-electron chi connectivity index (χ2n) is 4.83. The van der Waals surface area contributed by atoms with Crippen molar-refractivity contribution < 1.29 is 4.74 Å². The molecule has 2 nitrogen and oxygen atoms in total. The second kappa shape index (κ2) is 5.46. The van der Waals surface area contributed by atoms with Gasteiger partial charge in [0.1, 0.15) is 0 Å². The third-order valence-electron chi connectivity index (χ3n) is 3.09. The van der Waals surface area contributed by atoms with Gasteiger partial charge in [0.2, 0.25) is 0 Å². The molecule has 1 aromatic carbocycles. The summed E-state index contributed by atoms with van der Waals surface area (Å²) in [6, 6.07) is 10.5. The fraction of sp³-hybridized carbons (Fsp3) is 0.571. The summed E-state index contributed by atoms with van der Waals surface area (Å²) in [6.07, 6.45) is 1.74. The molecule has 0 radical (unpaired) electrons. The van der Waals surface area contributed by atoms with Crippen LogP contribution in [-0.2, 0) is 4.74 Å². The van der Waals surface area contributed by atoms with Crippen LogP contribution in [0.3, 0.4) is 0 Å². The maximum atomic E-state index is 6.20. The van der Waals surface area contributed by atoms with Gasteiger partial charge in [-0.2, -0.15) is 0 Å². The van der Waals surface area contributed by atoms with Crippen LogP contribution >= 0.6 is 0 Å². The summed E-state index contributed by atoms with van der Waals surface area (Å²) in [6.45, 7) is 6.53. The van der Waals surface area contributed by atoms with E-state index in [1.54, 1.807) is 0 Å². The second-order valence-corrected chi connectivity index (χ2v) is 4.83. The van der Waals surface area contributed by atoms with Gasteiger partial charge in [-0.25, -0.2) is 0 Å². The van der Waals surface area contributed by atoms with Crippen LogP contribution in [0.1, 0.15) is 31.9 Å². The van der Waals surface area contributed by atoms with Gasteiger partial charge in [-0.05, 0) is 24.4 Å². The molecule has 2 unspecified atom stereocenters. The van der Waals surface area contributed by atoms with Crippen molar-refractivity contribution in [2.45, 2.75) is 32.5 Å². The minimum Gasteiger partial charge on any atom is -0.369 e. The average Bonchev–Trinajstić information content (AvgIpc) is 2.79. The van der Waals surface area contributed by atoms with Crippen LogP contribution in [0.4, 0.5) is 0 Å². The number of rotatable bonds is 4. The van der Waals surface area contributed by atoms with Gasteiger partial charge in [-0.1, -0.05) is 44.2 Å². The topological polar surface area (TPSA) is 21.3 Å². The fourth-order valence-corrected chi connectivity index (χ4v) is 2.21. The van der Waals surface area contributed by atoms with Crippen molar-refractivity contribution in [3.05, 3.63) is 35.9 Å². The summed E-state index contributed by atoms with van der Waals surface area (Å²) in [5.74, 6) is 0.517. The normalized spacial score (nSPS) is 22.6. The first-order valence-corrected chi connectivity index (χ1v) is 6.18. The molecule has 1 saturated heterocycles. The van der Waals surface area contributed by atoms with Crippen molar-refractivity contribution in [1.82, 2.24) is 5.32 Å². The van der Waals surface area contributed by atoms with E-state index >= 15 is 0 Å². The van der Waals surface area contributed by atoms with Gasteiger partial charge in [0.05, 0.1) is 12.2 Å². The third-order valence-corrected chi connectivity index (χ3v) is 3.09. The zero-order valence-corrected chi connectivity index (χ0v) is 10.1. The molecule has 2 rings (SSSR count). The summed E-state index contributed by atoms with van der Waals surface area (Å²) in [4.78, 5) is 0. The van der Waals surface area contributed by atoms with Gasteiger partial charge in [0.15, 0.2) is 0 Å². The molecule has 0 aromatic heterocycles. The molecule has 1 aliphatic heterocycles. The number of ether oxygens (including phenoxy) is 1. The lowest BCUT2D eigenvalue weighted by Crippen LogP contribution is -2.22. The Balaban J connectivity index is 2.05. The maximum Gasteiger partial charge on any atom is 0.0852 e. The monoisotopic (exact) mass is 219 g/mol. The van der Waals surface area contributed by atoms with Gasteiger partial charge in [0.25, 0.3) is 0 Å². The van der Waals surface area contributed by atoms with E-state index in [0.717, 1.165) is 19.5 Å². The summed E-state index contributed by atoms with van der Waals surface area (Å²) in [7, 11) is 0. The van der Waals surface area contributed by atoms with E-state index in [9.17, 15) is 0 Å². The Kier molecular flexibility index (Phi) is 3.97. The molecule has 1 heterocycles. The molecule has 2 heteroatoms. The smallest absolute Gasteiger partial charge is 0.0852 e. The van der Waals surface area contributed by atoms with E-state index in [1.165, 1.54) is 5.56 Å². The summed E-state index contributed by atoms with van der Waals surface area (Å²) in [5, 5.41) is 3.34. The minimum atomic E-state index is 0.228. The highest BCUT2D eigenvalue weighted by Crippen LogP contribution is 2.28. The predicted octanol–water partition coefficient (Wildman–Crippen LogP) is 2.76. The van der Waals surface area contributed by atoms with Crippen LogP contribution in [0.25, 0.3) is 0 Å². The fourth-order valence-electron chi connectivity index (χ4n) is 2.21. The highest BCUT2D eigenvalue weighted by atomic mass is 16.5. The van der Waals surface area contributed by atoms with Crippen LogP contribution in [-0.4, -0.2) is 19.2 Å². The summed E-state index contributed by atoms with van der Waals surface area (Å²) in [5.41, 5.74) is 1.30.